The van der Waals surface area contributed by atoms with Gasteiger partial charge in [-0.05, 0) is 67.4 Å². The van der Waals surface area contributed by atoms with Gasteiger partial charge in [0.05, 0.1) is 5.56 Å². The molecule has 3 rings (SSSR count). The van der Waals surface area contributed by atoms with Crippen LogP contribution in [0.3, 0.4) is 0 Å². The largest absolute Gasteiger partial charge is 0.478 e. The first kappa shape index (κ1) is 21.8. The van der Waals surface area contributed by atoms with Gasteiger partial charge < -0.3 is 5.11 Å². The quantitative estimate of drug-likeness (QED) is 0.636. The molecule has 1 amide bonds. The molecule has 3 aromatic rings. The Labute approximate surface area is 175 Å². The van der Waals surface area contributed by atoms with Gasteiger partial charge in [-0.1, -0.05) is 12.1 Å². The Kier molecular flexibility index (Phi) is 5.69. The van der Waals surface area contributed by atoms with E-state index in [1.807, 2.05) is 0 Å². The summed E-state index contributed by atoms with van der Waals surface area (Å²) in [5, 5.41) is 16.4. The molecule has 0 spiro atoms. The van der Waals surface area contributed by atoms with Crippen LogP contribution in [0, 0.1) is 25.5 Å². The van der Waals surface area contributed by atoms with E-state index in [4.69, 9.17) is 0 Å². The molecule has 0 bridgehead atoms. The van der Waals surface area contributed by atoms with Gasteiger partial charge in [-0.25, -0.2) is 23.2 Å². The second-order valence-electron chi connectivity index (χ2n) is 7.16. The summed E-state index contributed by atoms with van der Waals surface area (Å²) in [4.78, 5) is 38.6. The standard InChI is InChI=1S/C20H19F2N5O4/c1-10(2)25(16-9-13(18(28)29)11(3)8-12(16)4)19(30)27-20(31)26(23-24-27)17-14(21)6-5-7-15(17)22/h5-10H,1-4H3,(H,28,29). The minimum atomic E-state index is -1.18. The van der Waals surface area contributed by atoms with Crippen molar-refractivity contribution in [2.75, 3.05) is 4.90 Å². The molecule has 0 unspecified atom stereocenters. The molecule has 0 saturated carbocycles. The van der Waals surface area contributed by atoms with Crippen molar-refractivity contribution in [2.45, 2.75) is 33.7 Å². The lowest BCUT2D eigenvalue weighted by atomic mass is 10.0. The summed E-state index contributed by atoms with van der Waals surface area (Å²) in [5.41, 5.74) is -0.608. The average molecular weight is 431 g/mol. The zero-order valence-electron chi connectivity index (χ0n) is 17.1. The maximum absolute atomic E-state index is 14.1. The van der Waals surface area contributed by atoms with E-state index in [1.54, 1.807) is 33.8 Å². The van der Waals surface area contributed by atoms with E-state index in [1.165, 1.54) is 11.0 Å². The molecule has 11 heteroatoms. The number of benzene rings is 2. The van der Waals surface area contributed by atoms with Crippen LogP contribution in [0.4, 0.5) is 19.3 Å². The van der Waals surface area contributed by atoms with Gasteiger partial charge in [0, 0.05) is 11.7 Å². The van der Waals surface area contributed by atoms with E-state index in [0.29, 0.717) is 20.5 Å². The molecule has 0 aliphatic heterocycles. The lowest BCUT2D eigenvalue weighted by Crippen LogP contribution is -2.45. The number of carboxylic acids is 1. The van der Waals surface area contributed by atoms with Crippen LogP contribution in [0.25, 0.3) is 5.69 Å². The number of carbonyl (C=O) groups is 2. The summed E-state index contributed by atoms with van der Waals surface area (Å²) < 4.78 is 28.8. The summed E-state index contributed by atoms with van der Waals surface area (Å²) >= 11 is 0. The molecule has 162 valence electrons. The third kappa shape index (κ3) is 3.81. The van der Waals surface area contributed by atoms with Crippen molar-refractivity contribution in [1.29, 1.82) is 0 Å². The van der Waals surface area contributed by atoms with E-state index < -0.39 is 41.1 Å². The van der Waals surface area contributed by atoms with Crippen LogP contribution in [0.2, 0.25) is 0 Å². The topological polar surface area (TPSA) is 110 Å². The number of aromatic carboxylic acids is 1. The van der Waals surface area contributed by atoms with Crippen molar-refractivity contribution >= 4 is 17.7 Å². The first-order valence-electron chi connectivity index (χ1n) is 9.22. The number of amides is 1. The summed E-state index contributed by atoms with van der Waals surface area (Å²) in [6.07, 6.45) is 0. The van der Waals surface area contributed by atoms with Crippen LogP contribution in [0.15, 0.2) is 35.1 Å². The molecular weight excluding hydrogens is 412 g/mol. The number of para-hydroxylation sites is 1. The fourth-order valence-corrected chi connectivity index (χ4v) is 3.23. The molecule has 0 fully saturated rings. The molecule has 0 saturated heterocycles. The second kappa shape index (κ2) is 8.09. The van der Waals surface area contributed by atoms with Crippen LogP contribution in [-0.4, -0.2) is 42.9 Å². The molecule has 9 nitrogen and oxygen atoms in total. The Morgan fingerprint density at radius 3 is 2.23 bits per heavy atom. The monoisotopic (exact) mass is 431 g/mol. The maximum atomic E-state index is 14.1. The highest BCUT2D eigenvalue weighted by Gasteiger charge is 2.28. The number of aromatic nitrogens is 4. The number of hydrogen-bond donors (Lipinski definition) is 1. The van der Waals surface area contributed by atoms with E-state index >= 15 is 0 Å². The third-order valence-electron chi connectivity index (χ3n) is 4.67. The van der Waals surface area contributed by atoms with Crippen LogP contribution in [0.5, 0.6) is 0 Å². The van der Waals surface area contributed by atoms with E-state index in [9.17, 15) is 28.3 Å². The molecule has 0 aliphatic rings. The Morgan fingerprint density at radius 1 is 1.06 bits per heavy atom. The van der Waals surface area contributed by atoms with E-state index in [2.05, 4.69) is 10.4 Å². The van der Waals surface area contributed by atoms with Gasteiger partial charge in [-0.2, -0.15) is 4.68 Å². The van der Waals surface area contributed by atoms with Crippen molar-refractivity contribution in [3.05, 3.63) is 69.1 Å². The van der Waals surface area contributed by atoms with Crippen molar-refractivity contribution in [3.8, 4) is 5.69 Å². The van der Waals surface area contributed by atoms with Gasteiger partial charge in [-0.3, -0.25) is 4.90 Å². The van der Waals surface area contributed by atoms with Crippen LogP contribution >= 0.6 is 0 Å². The predicted molar refractivity (Wildman–Crippen MR) is 107 cm³/mol. The van der Waals surface area contributed by atoms with Gasteiger partial charge in [0.1, 0.15) is 5.69 Å². The normalized spacial score (nSPS) is 11.1. The highest BCUT2D eigenvalue weighted by Crippen LogP contribution is 2.27. The Morgan fingerprint density at radius 2 is 1.68 bits per heavy atom. The van der Waals surface area contributed by atoms with Crippen molar-refractivity contribution in [1.82, 2.24) is 19.8 Å². The molecule has 0 atom stereocenters. The first-order valence-corrected chi connectivity index (χ1v) is 9.22. The fourth-order valence-electron chi connectivity index (χ4n) is 3.23. The first-order chi connectivity index (χ1) is 14.5. The van der Waals surface area contributed by atoms with Gasteiger partial charge in [0.15, 0.2) is 11.6 Å². The number of anilines is 1. The molecule has 0 aliphatic carbocycles. The number of rotatable bonds is 4. The van der Waals surface area contributed by atoms with Crippen LogP contribution in [0.1, 0.15) is 35.3 Å². The van der Waals surface area contributed by atoms with Crippen LogP contribution in [-0.2, 0) is 0 Å². The molecule has 2 aromatic carbocycles. The zero-order valence-corrected chi connectivity index (χ0v) is 17.1. The lowest BCUT2D eigenvalue weighted by molar-refractivity contribution is 0.0696. The Bertz CT molecular complexity index is 1230. The molecule has 1 heterocycles. The number of tetrazole rings is 1. The number of carbonyl (C=O) groups excluding carboxylic acids is 1. The number of aryl methyl sites for hydroxylation is 2. The van der Waals surface area contributed by atoms with Gasteiger partial charge in [0.25, 0.3) is 0 Å². The lowest BCUT2D eigenvalue weighted by Gasteiger charge is -2.28. The molecule has 1 aromatic heterocycles. The predicted octanol–water partition coefficient (Wildman–Crippen LogP) is 2.91. The van der Waals surface area contributed by atoms with Crippen molar-refractivity contribution in [2.24, 2.45) is 0 Å². The summed E-state index contributed by atoms with van der Waals surface area (Å²) in [5.74, 6) is -3.28. The van der Waals surface area contributed by atoms with E-state index in [-0.39, 0.29) is 11.3 Å². The smallest absolute Gasteiger partial charge is 0.377 e. The number of carboxylic acid groups (broad SMARTS) is 1. The van der Waals surface area contributed by atoms with Crippen molar-refractivity contribution < 1.29 is 23.5 Å². The molecule has 0 radical (unpaired) electrons. The maximum Gasteiger partial charge on any atom is 0.377 e. The summed E-state index contributed by atoms with van der Waals surface area (Å²) in [6, 6.07) is 4.47. The van der Waals surface area contributed by atoms with Gasteiger partial charge in [-0.15, -0.1) is 4.68 Å². The van der Waals surface area contributed by atoms with Crippen LogP contribution < -0.4 is 10.6 Å². The highest BCUT2D eigenvalue weighted by atomic mass is 19.1. The van der Waals surface area contributed by atoms with Gasteiger partial charge >= 0.3 is 17.7 Å². The summed E-state index contributed by atoms with van der Waals surface area (Å²) in [7, 11) is 0. The molecular formula is C20H19F2N5O4. The zero-order chi connectivity index (χ0) is 23.0. The van der Waals surface area contributed by atoms with Gasteiger partial charge in [0.2, 0.25) is 0 Å². The third-order valence-corrected chi connectivity index (χ3v) is 4.67. The second-order valence-corrected chi connectivity index (χ2v) is 7.16. The minimum Gasteiger partial charge on any atom is -0.478 e. The number of hydrogen-bond acceptors (Lipinski definition) is 5. The minimum absolute atomic E-state index is 0.0107. The Balaban J connectivity index is 2.14. The number of nitrogens with zero attached hydrogens (tertiary/aromatic N) is 5. The van der Waals surface area contributed by atoms with E-state index in [0.717, 1.165) is 18.2 Å². The molecule has 31 heavy (non-hydrogen) atoms. The SMILES string of the molecule is Cc1cc(C)c(N(C(=O)n2nnn(-c3c(F)cccc3F)c2=O)C(C)C)cc1C(=O)O. The summed E-state index contributed by atoms with van der Waals surface area (Å²) in [6.45, 7) is 6.62. The fraction of sp³-hybridized carbons (Fsp3) is 0.250. The number of halogens is 2. The average Bonchev–Trinajstić information content (AvgIpc) is 3.04. The van der Waals surface area contributed by atoms with Crippen molar-refractivity contribution in [3.63, 3.8) is 0 Å². The Hall–Kier alpha value is -3.89. The highest BCUT2D eigenvalue weighted by molar-refractivity contribution is 5.97. The molecule has 1 N–H and O–H groups in total.